The standard InChI is InChI=1S/C12H16N4OS/c1-2-17-11-4-3-9(6-15-11)5-14-7-10-8-18-12(13)16-10/h3-4,6,8,14H,2,5,7H2,1H3,(H2,13,16). The summed E-state index contributed by atoms with van der Waals surface area (Å²) in [7, 11) is 0. The van der Waals surface area contributed by atoms with Crippen LogP contribution < -0.4 is 15.8 Å². The van der Waals surface area contributed by atoms with E-state index < -0.39 is 0 Å². The van der Waals surface area contributed by atoms with Gasteiger partial charge < -0.3 is 15.8 Å². The Balaban J connectivity index is 1.79. The van der Waals surface area contributed by atoms with Gasteiger partial charge in [0, 0.05) is 30.7 Å². The van der Waals surface area contributed by atoms with Crippen LogP contribution in [0.1, 0.15) is 18.2 Å². The quantitative estimate of drug-likeness (QED) is 0.832. The fourth-order valence-corrected chi connectivity index (χ4v) is 2.05. The van der Waals surface area contributed by atoms with Crippen molar-refractivity contribution < 1.29 is 4.74 Å². The number of nitrogens with one attached hydrogen (secondary N) is 1. The van der Waals surface area contributed by atoms with Crippen LogP contribution in [0, 0.1) is 0 Å². The Morgan fingerprint density at radius 1 is 1.39 bits per heavy atom. The van der Waals surface area contributed by atoms with Gasteiger partial charge in [-0.15, -0.1) is 11.3 Å². The molecule has 0 saturated heterocycles. The molecule has 0 spiro atoms. The average molecular weight is 264 g/mol. The highest BCUT2D eigenvalue weighted by molar-refractivity contribution is 7.13. The molecule has 0 aromatic carbocycles. The molecule has 0 aliphatic rings. The van der Waals surface area contributed by atoms with Crippen molar-refractivity contribution in [1.29, 1.82) is 0 Å². The zero-order chi connectivity index (χ0) is 12.8. The Kier molecular flexibility index (Phi) is 4.49. The number of aromatic nitrogens is 2. The van der Waals surface area contributed by atoms with E-state index in [-0.39, 0.29) is 0 Å². The summed E-state index contributed by atoms with van der Waals surface area (Å²) in [6, 6.07) is 3.88. The van der Waals surface area contributed by atoms with E-state index in [0.29, 0.717) is 24.2 Å². The number of anilines is 1. The molecule has 2 aromatic heterocycles. The Morgan fingerprint density at radius 3 is 2.89 bits per heavy atom. The van der Waals surface area contributed by atoms with Crippen LogP contribution in [0.3, 0.4) is 0 Å². The van der Waals surface area contributed by atoms with Crippen LogP contribution in [0.4, 0.5) is 5.13 Å². The Bertz CT molecular complexity index is 483. The van der Waals surface area contributed by atoms with Crippen LogP contribution in [0.2, 0.25) is 0 Å². The van der Waals surface area contributed by atoms with Gasteiger partial charge in [0.2, 0.25) is 5.88 Å². The summed E-state index contributed by atoms with van der Waals surface area (Å²) in [6.45, 7) is 4.03. The second-order valence-corrected chi connectivity index (χ2v) is 4.61. The minimum Gasteiger partial charge on any atom is -0.478 e. The fourth-order valence-electron chi connectivity index (χ4n) is 1.49. The summed E-state index contributed by atoms with van der Waals surface area (Å²) in [4.78, 5) is 8.38. The maximum absolute atomic E-state index is 5.56. The number of ether oxygens (including phenoxy) is 1. The van der Waals surface area contributed by atoms with Gasteiger partial charge in [0.05, 0.1) is 12.3 Å². The van der Waals surface area contributed by atoms with Gasteiger partial charge in [-0.05, 0) is 12.5 Å². The number of rotatable bonds is 6. The van der Waals surface area contributed by atoms with E-state index >= 15 is 0 Å². The first-order valence-electron chi connectivity index (χ1n) is 5.76. The molecule has 0 saturated carbocycles. The molecular formula is C12H16N4OS. The Hall–Kier alpha value is -1.66. The zero-order valence-corrected chi connectivity index (χ0v) is 11.0. The maximum atomic E-state index is 5.56. The molecule has 2 aromatic rings. The molecular weight excluding hydrogens is 248 g/mol. The van der Waals surface area contributed by atoms with E-state index in [0.717, 1.165) is 17.8 Å². The number of hydrogen-bond donors (Lipinski definition) is 2. The number of hydrogen-bond acceptors (Lipinski definition) is 6. The van der Waals surface area contributed by atoms with E-state index in [1.165, 1.54) is 11.3 Å². The highest BCUT2D eigenvalue weighted by Crippen LogP contribution is 2.11. The van der Waals surface area contributed by atoms with Gasteiger partial charge in [-0.25, -0.2) is 9.97 Å². The molecule has 0 unspecified atom stereocenters. The molecule has 0 atom stereocenters. The first-order valence-corrected chi connectivity index (χ1v) is 6.64. The predicted octanol–water partition coefficient (Wildman–Crippen LogP) is 1.81. The monoisotopic (exact) mass is 264 g/mol. The van der Waals surface area contributed by atoms with Gasteiger partial charge in [-0.2, -0.15) is 0 Å². The summed E-state index contributed by atoms with van der Waals surface area (Å²) in [5, 5.41) is 5.85. The first-order chi connectivity index (χ1) is 8.78. The number of nitrogen functional groups attached to an aromatic ring is 1. The Morgan fingerprint density at radius 2 is 2.28 bits per heavy atom. The molecule has 0 amide bonds. The minimum atomic E-state index is 0.606. The lowest BCUT2D eigenvalue weighted by Crippen LogP contribution is -2.13. The van der Waals surface area contributed by atoms with Crippen molar-refractivity contribution >= 4 is 16.5 Å². The predicted molar refractivity (Wildman–Crippen MR) is 72.5 cm³/mol. The number of thiazole rings is 1. The van der Waals surface area contributed by atoms with E-state index in [1.807, 2.05) is 30.6 Å². The largest absolute Gasteiger partial charge is 0.478 e. The highest BCUT2D eigenvalue weighted by atomic mass is 32.1. The molecule has 0 aliphatic heterocycles. The van der Waals surface area contributed by atoms with Gasteiger partial charge in [0.25, 0.3) is 0 Å². The molecule has 6 heteroatoms. The SMILES string of the molecule is CCOc1ccc(CNCc2csc(N)n2)cn1. The second-order valence-electron chi connectivity index (χ2n) is 3.72. The van der Waals surface area contributed by atoms with Crippen LogP contribution in [-0.4, -0.2) is 16.6 Å². The van der Waals surface area contributed by atoms with Crippen molar-refractivity contribution in [2.75, 3.05) is 12.3 Å². The van der Waals surface area contributed by atoms with E-state index in [4.69, 9.17) is 10.5 Å². The molecule has 2 heterocycles. The van der Waals surface area contributed by atoms with Crippen LogP contribution in [-0.2, 0) is 13.1 Å². The lowest BCUT2D eigenvalue weighted by molar-refractivity contribution is 0.326. The van der Waals surface area contributed by atoms with Crippen LogP contribution in [0.5, 0.6) is 5.88 Å². The second kappa shape index (κ2) is 6.32. The molecule has 96 valence electrons. The fraction of sp³-hybridized carbons (Fsp3) is 0.333. The molecule has 0 bridgehead atoms. The third-order valence-electron chi connectivity index (χ3n) is 2.29. The Labute approximate surface area is 110 Å². The van der Waals surface area contributed by atoms with Gasteiger partial charge in [-0.1, -0.05) is 6.07 Å². The van der Waals surface area contributed by atoms with Gasteiger partial charge >= 0.3 is 0 Å². The van der Waals surface area contributed by atoms with E-state index in [9.17, 15) is 0 Å². The summed E-state index contributed by atoms with van der Waals surface area (Å²) in [6.07, 6.45) is 1.81. The smallest absolute Gasteiger partial charge is 0.213 e. The highest BCUT2D eigenvalue weighted by Gasteiger charge is 1.99. The minimum absolute atomic E-state index is 0.606. The summed E-state index contributed by atoms with van der Waals surface area (Å²) >= 11 is 1.46. The van der Waals surface area contributed by atoms with Crippen molar-refractivity contribution in [2.45, 2.75) is 20.0 Å². The molecule has 5 nitrogen and oxygen atoms in total. The van der Waals surface area contributed by atoms with Crippen molar-refractivity contribution in [3.05, 3.63) is 35.0 Å². The van der Waals surface area contributed by atoms with E-state index in [1.54, 1.807) is 0 Å². The maximum Gasteiger partial charge on any atom is 0.213 e. The lowest BCUT2D eigenvalue weighted by atomic mass is 10.3. The topological polar surface area (TPSA) is 73.1 Å². The summed E-state index contributed by atoms with van der Waals surface area (Å²) in [5.74, 6) is 0.661. The van der Waals surface area contributed by atoms with Crippen molar-refractivity contribution in [3.8, 4) is 5.88 Å². The molecule has 3 N–H and O–H groups in total. The normalized spacial score (nSPS) is 10.5. The van der Waals surface area contributed by atoms with Crippen LogP contribution in [0.15, 0.2) is 23.7 Å². The lowest BCUT2D eigenvalue weighted by Gasteiger charge is -2.04. The molecule has 0 radical (unpaired) electrons. The number of nitrogens with zero attached hydrogens (tertiary/aromatic N) is 2. The average Bonchev–Trinajstić information content (AvgIpc) is 2.78. The van der Waals surface area contributed by atoms with Gasteiger partial charge in [0.1, 0.15) is 0 Å². The van der Waals surface area contributed by atoms with Crippen LogP contribution >= 0.6 is 11.3 Å². The number of pyridine rings is 1. The zero-order valence-electron chi connectivity index (χ0n) is 10.2. The summed E-state index contributed by atoms with van der Waals surface area (Å²) < 4.78 is 5.28. The summed E-state index contributed by atoms with van der Waals surface area (Å²) in [5.41, 5.74) is 7.64. The third-order valence-corrected chi connectivity index (χ3v) is 3.02. The third kappa shape index (κ3) is 3.68. The van der Waals surface area contributed by atoms with Gasteiger partial charge in [0.15, 0.2) is 5.13 Å². The van der Waals surface area contributed by atoms with Crippen molar-refractivity contribution in [2.24, 2.45) is 0 Å². The molecule has 0 aliphatic carbocycles. The first kappa shape index (κ1) is 12.8. The molecule has 18 heavy (non-hydrogen) atoms. The van der Waals surface area contributed by atoms with Gasteiger partial charge in [-0.3, -0.25) is 0 Å². The van der Waals surface area contributed by atoms with Crippen molar-refractivity contribution in [1.82, 2.24) is 15.3 Å². The van der Waals surface area contributed by atoms with E-state index in [2.05, 4.69) is 15.3 Å². The molecule has 2 rings (SSSR count). The van der Waals surface area contributed by atoms with Crippen molar-refractivity contribution in [3.63, 3.8) is 0 Å². The molecule has 0 fully saturated rings. The van der Waals surface area contributed by atoms with Crippen LogP contribution in [0.25, 0.3) is 0 Å². The number of nitrogens with two attached hydrogens (primary N) is 1.